The van der Waals surface area contributed by atoms with E-state index < -0.39 is 29.0 Å². The molecule has 12 nitrogen and oxygen atoms in total. The molecule has 3 aromatic heterocycles. The van der Waals surface area contributed by atoms with Gasteiger partial charge in [-0.15, -0.1) is 11.3 Å². The van der Waals surface area contributed by atoms with Crippen LogP contribution in [-0.2, 0) is 22.4 Å². The Bertz CT molecular complexity index is 2130. The number of carboxylic acids is 1. The number of hydrogen-bond donors (Lipinski definition) is 4. The number of aliphatic carboxylic acids is 1. The molecule has 1 aliphatic rings. The summed E-state index contributed by atoms with van der Waals surface area (Å²) in [5.41, 5.74) is 5.67. The second-order valence-corrected chi connectivity index (χ2v) is 11.6. The Hall–Kier alpha value is -5.69. The van der Waals surface area contributed by atoms with Gasteiger partial charge in [0.25, 0.3) is 5.56 Å². The molecule has 0 saturated heterocycles. The normalized spacial score (nSPS) is 13.4. The van der Waals surface area contributed by atoms with Gasteiger partial charge in [-0.25, -0.2) is 14.8 Å². The molecule has 232 valence electrons. The maximum absolute atomic E-state index is 13.5. The van der Waals surface area contributed by atoms with Gasteiger partial charge >= 0.3 is 11.7 Å². The summed E-state index contributed by atoms with van der Waals surface area (Å²) in [6.45, 7) is 3.89. The van der Waals surface area contributed by atoms with Gasteiger partial charge in [-0.1, -0.05) is 61.0 Å². The van der Waals surface area contributed by atoms with Gasteiger partial charge in [-0.05, 0) is 41.2 Å². The maximum Gasteiger partial charge on any atom is 0.334 e. The zero-order valence-corrected chi connectivity index (χ0v) is 25.7. The lowest BCUT2D eigenvalue weighted by molar-refractivity contribution is -0.136. The maximum atomic E-state index is 13.5. The quantitative estimate of drug-likeness (QED) is 0.183. The van der Waals surface area contributed by atoms with E-state index in [-0.39, 0.29) is 29.9 Å². The molecule has 1 aliphatic carbocycles. The molecular formula is C33H29N7O5S. The second-order valence-electron chi connectivity index (χ2n) is 10.8. The molecule has 2 aromatic carbocycles. The summed E-state index contributed by atoms with van der Waals surface area (Å²) in [7, 11) is 0. The number of fused-ring (bicyclic) bond motifs is 2. The van der Waals surface area contributed by atoms with Gasteiger partial charge < -0.3 is 15.7 Å². The number of aromatic nitrogens is 5. The molecule has 0 radical (unpaired) electrons. The van der Waals surface area contributed by atoms with Crippen LogP contribution in [0.4, 0.5) is 11.1 Å². The van der Waals surface area contributed by atoms with E-state index in [4.69, 9.17) is 5.11 Å². The number of rotatable bonds is 9. The molecule has 13 heteroatoms. The van der Waals surface area contributed by atoms with Crippen LogP contribution in [0.3, 0.4) is 0 Å². The fourth-order valence-corrected chi connectivity index (χ4v) is 6.11. The first-order chi connectivity index (χ1) is 22.2. The number of carbonyl (C=O) groups is 2. The van der Waals surface area contributed by atoms with Crippen LogP contribution in [0.1, 0.15) is 57.5 Å². The summed E-state index contributed by atoms with van der Waals surface area (Å²) in [6, 6.07) is 13.9. The monoisotopic (exact) mass is 635 g/mol. The zero-order chi connectivity index (χ0) is 32.4. The minimum Gasteiger partial charge on any atom is -0.481 e. The Morgan fingerprint density at radius 3 is 2.54 bits per heavy atom. The van der Waals surface area contributed by atoms with Crippen molar-refractivity contribution in [2.75, 3.05) is 17.2 Å². The number of thiazole rings is 1. The summed E-state index contributed by atoms with van der Waals surface area (Å²) < 4.78 is 1.26. The van der Waals surface area contributed by atoms with Gasteiger partial charge in [0.15, 0.2) is 5.13 Å². The molecule has 46 heavy (non-hydrogen) atoms. The van der Waals surface area contributed by atoms with Gasteiger partial charge in [-0.2, -0.15) is 4.98 Å². The third-order valence-corrected chi connectivity index (χ3v) is 8.38. The second kappa shape index (κ2) is 12.7. The third kappa shape index (κ3) is 6.40. The van der Waals surface area contributed by atoms with Crippen LogP contribution in [0, 0.1) is 6.92 Å². The molecule has 1 unspecified atom stereocenters. The van der Waals surface area contributed by atoms with Crippen molar-refractivity contribution in [3.63, 3.8) is 0 Å². The number of aromatic amines is 1. The van der Waals surface area contributed by atoms with E-state index in [0.29, 0.717) is 11.3 Å². The van der Waals surface area contributed by atoms with E-state index in [0.717, 1.165) is 45.6 Å². The van der Waals surface area contributed by atoms with Crippen molar-refractivity contribution in [2.45, 2.75) is 32.6 Å². The lowest BCUT2D eigenvalue weighted by Crippen LogP contribution is -2.33. The van der Waals surface area contributed by atoms with Gasteiger partial charge in [0, 0.05) is 35.3 Å². The summed E-state index contributed by atoms with van der Waals surface area (Å²) >= 11 is 1.12. The van der Waals surface area contributed by atoms with Gasteiger partial charge in [0.1, 0.15) is 5.82 Å². The highest BCUT2D eigenvalue weighted by Crippen LogP contribution is 2.38. The molecule has 0 aliphatic heterocycles. The van der Waals surface area contributed by atoms with Crippen LogP contribution in [0.15, 0.2) is 69.8 Å². The van der Waals surface area contributed by atoms with Crippen molar-refractivity contribution in [3.8, 4) is 5.82 Å². The first-order valence-corrected chi connectivity index (χ1v) is 15.4. The molecule has 5 aromatic rings. The highest BCUT2D eigenvalue weighted by Gasteiger charge is 2.27. The number of amides is 1. The Morgan fingerprint density at radius 1 is 1.02 bits per heavy atom. The molecule has 6 rings (SSSR count). The smallest absolute Gasteiger partial charge is 0.334 e. The lowest BCUT2D eigenvalue weighted by Gasteiger charge is -2.22. The Kier molecular flexibility index (Phi) is 8.40. The van der Waals surface area contributed by atoms with Crippen molar-refractivity contribution in [1.29, 1.82) is 0 Å². The van der Waals surface area contributed by atoms with Crippen molar-refractivity contribution < 1.29 is 14.7 Å². The molecule has 0 spiro atoms. The van der Waals surface area contributed by atoms with Crippen LogP contribution in [0.25, 0.3) is 18.0 Å². The third-order valence-electron chi connectivity index (χ3n) is 7.57. The molecule has 0 bridgehead atoms. The lowest BCUT2D eigenvalue weighted by atomic mass is 9.82. The molecule has 0 saturated carbocycles. The summed E-state index contributed by atoms with van der Waals surface area (Å²) in [6.07, 6.45) is 7.72. The van der Waals surface area contributed by atoms with Crippen molar-refractivity contribution in [3.05, 3.63) is 126 Å². The van der Waals surface area contributed by atoms with E-state index in [1.54, 1.807) is 5.38 Å². The molecule has 3 heterocycles. The average molecular weight is 636 g/mol. The van der Waals surface area contributed by atoms with Gasteiger partial charge in [-0.3, -0.25) is 23.9 Å². The fraction of sp³-hybridized carbons (Fsp3) is 0.182. The van der Waals surface area contributed by atoms with Crippen molar-refractivity contribution >= 4 is 46.4 Å². The predicted molar refractivity (Wildman–Crippen MR) is 176 cm³/mol. The van der Waals surface area contributed by atoms with E-state index in [2.05, 4.69) is 67.8 Å². The van der Waals surface area contributed by atoms with Gasteiger partial charge in [0.05, 0.1) is 18.7 Å². The average Bonchev–Trinajstić information content (AvgIpc) is 3.39. The van der Waals surface area contributed by atoms with Crippen LogP contribution in [-0.4, -0.2) is 48.0 Å². The number of benzene rings is 2. The molecule has 1 atom stereocenters. The Morgan fingerprint density at radius 2 is 1.78 bits per heavy atom. The van der Waals surface area contributed by atoms with Gasteiger partial charge in [0.2, 0.25) is 11.9 Å². The SMILES string of the molecule is CCc1ccc2c(c1)C=Cc1cc(C)ccc1C2c1cn(-c2ccnc(NCC(=O)Nc3nc(CC(=O)O)cs3)n2)c(=O)[nH]c1=O. The van der Waals surface area contributed by atoms with Crippen LogP contribution in [0.5, 0.6) is 0 Å². The highest BCUT2D eigenvalue weighted by molar-refractivity contribution is 7.13. The summed E-state index contributed by atoms with van der Waals surface area (Å²) in [5, 5.41) is 16.2. The number of nitrogens with zero attached hydrogens (tertiary/aromatic N) is 4. The largest absolute Gasteiger partial charge is 0.481 e. The minimum absolute atomic E-state index is 0.0786. The molecule has 0 fully saturated rings. The first kappa shape index (κ1) is 30.3. The number of anilines is 2. The van der Waals surface area contributed by atoms with E-state index in [9.17, 15) is 19.2 Å². The van der Waals surface area contributed by atoms with Crippen LogP contribution >= 0.6 is 11.3 Å². The summed E-state index contributed by atoms with van der Waals surface area (Å²) in [5.74, 6) is -1.66. The number of nitrogens with one attached hydrogen (secondary N) is 3. The number of hydrogen-bond acceptors (Lipinski definition) is 9. The van der Waals surface area contributed by atoms with E-state index in [1.165, 1.54) is 28.6 Å². The summed E-state index contributed by atoms with van der Waals surface area (Å²) in [4.78, 5) is 65.1. The van der Waals surface area contributed by atoms with Crippen molar-refractivity contribution in [2.24, 2.45) is 0 Å². The Balaban J connectivity index is 1.31. The molecule has 4 N–H and O–H groups in total. The number of carboxylic acid groups (broad SMARTS) is 1. The minimum atomic E-state index is -1.02. The highest BCUT2D eigenvalue weighted by atomic mass is 32.1. The van der Waals surface area contributed by atoms with Crippen molar-refractivity contribution in [1.82, 2.24) is 24.5 Å². The standard InChI is InChI=1S/C33H29N7O5S/c1-3-19-5-9-24-21(13-19)7-6-20-12-18(2)4-8-23(20)29(24)25-16-40(33(45)39-30(25)44)26-10-11-34-31(37-26)35-15-27(41)38-32-36-22(17-46-32)14-28(42)43/h4-13,16-17,29H,3,14-15H2,1-2H3,(H,42,43)(H,34,35,37)(H,36,38,41)(H,39,44,45). The Labute approximate surface area is 266 Å². The van der Waals surface area contributed by atoms with E-state index >= 15 is 0 Å². The number of H-pyrrole nitrogens is 1. The number of aryl methyl sites for hydroxylation is 2. The fourth-order valence-electron chi connectivity index (χ4n) is 5.39. The first-order valence-electron chi connectivity index (χ1n) is 14.5. The topological polar surface area (TPSA) is 172 Å². The number of carbonyl (C=O) groups excluding carboxylic acids is 1. The molecule has 1 amide bonds. The zero-order valence-electron chi connectivity index (χ0n) is 24.9. The van der Waals surface area contributed by atoms with Crippen LogP contribution < -0.4 is 21.9 Å². The van der Waals surface area contributed by atoms with Crippen LogP contribution in [0.2, 0.25) is 0 Å². The van der Waals surface area contributed by atoms with E-state index in [1.807, 2.05) is 25.1 Å². The predicted octanol–water partition coefficient (Wildman–Crippen LogP) is 3.98. The molecular weight excluding hydrogens is 606 g/mol.